The maximum absolute atomic E-state index is 12.7. The molecule has 6 nitrogen and oxygen atoms in total. The van der Waals surface area contributed by atoms with E-state index in [1.807, 2.05) is 80.0 Å². The minimum atomic E-state index is -0.388. The highest BCUT2D eigenvalue weighted by molar-refractivity contribution is 5.92. The molecule has 1 aromatic carbocycles. The molecule has 27 heavy (non-hydrogen) atoms. The van der Waals surface area contributed by atoms with Crippen LogP contribution < -0.4 is 0 Å². The fourth-order valence-electron chi connectivity index (χ4n) is 3.24. The highest BCUT2D eigenvalue weighted by atomic mass is 16.5. The number of aryl methyl sites for hydroxylation is 2. The summed E-state index contributed by atoms with van der Waals surface area (Å²) < 4.78 is 9.22. The zero-order valence-corrected chi connectivity index (χ0v) is 15.5. The SMILES string of the molecule is Cc1nn(-c2ccccc2)c(C)c1C(=O)OCc1cn2cccc(C)c2n1. The highest BCUT2D eigenvalue weighted by Crippen LogP contribution is 2.19. The first kappa shape index (κ1) is 17.0. The van der Waals surface area contributed by atoms with E-state index in [1.54, 1.807) is 4.68 Å². The summed E-state index contributed by atoms with van der Waals surface area (Å²) in [5, 5.41) is 4.50. The first-order chi connectivity index (χ1) is 13.0. The molecule has 0 saturated carbocycles. The van der Waals surface area contributed by atoms with E-state index in [1.165, 1.54) is 0 Å². The van der Waals surface area contributed by atoms with E-state index in [4.69, 9.17) is 4.74 Å². The number of ether oxygens (including phenoxy) is 1. The fourth-order valence-corrected chi connectivity index (χ4v) is 3.24. The highest BCUT2D eigenvalue weighted by Gasteiger charge is 2.21. The third-order valence-corrected chi connectivity index (χ3v) is 4.58. The van der Waals surface area contributed by atoms with E-state index < -0.39 is 0 Å². The van der Waals surface area contributed by atoms with Crippen molar-refractivity contribution >= 4 is 11.6 Å². The van der Waals surface area contributed by atoms with Crippen molar-refractivity contribution in [3.05, 3.63) is 83.1 Å². The molecule has 0 radical (unpaired) electrons. The number of imidazole rings is 1. The fraction of sp³-hybridized carbons (Fsp3) is 0.190. The van der Waals surface area contributed by atoms with Crippen LogP contribution in [-0.4, -0.2) is 25.1 Å². The molecule has 0 amide bonds. The second-order valence-corrected chi connectivity index (χ2v) is 6.52. The van der Waals surface area contributed by atoms with Crippen LogP contribution in [0.5, 0.6) is 0 Å². The summed E-state index contributed by atoms with van der Waals surface area (Å²) in [6, 6.07) is 13.7. The summed E-state index contributed by atoms with van der Waals surface area (Å²) in [5.74, 6) is -0.388. The third kappa shape index (κ3) is 3.10. The number of carbonyl (C=O) groups excluding carboxylic acids is 1. The van der Waals surface area contributed by atoms with Crippen LogP contribution in [0.4, 0.5) is 0 Å². The minimum Gasteiger partial charge on any atom is -0.455 e. The van der Waals surface area contributed by atoms with Crippen LogP contribution in [-0.2, 0) is 11.3 Å². The Bertz CT molecular complexity index is 1130. The molecule has 0 spiro atoms. The molecule has 0 bridgehead atoms. The number of esters is 1. The van der Waals surface area contributed by atoms with Gasteiger partial charge >= 0.3 is 5.97 Å². The van der Waals surface area contributed by atoms with Crippen molar-refractivity contribution in [1.29, 1.82) is 0 Å². The topological polar surface area (TPSA) is 61.4 Å². The van der Waals surface area contributed by atoms with Crippen LogP contribution in [0.2, 0.25) is 0 Å². The van der Waals surface area contributed by atoms with Crippen LogP contribution in [0.15, 0.2) is 54.9 Å². The number of hydrogen-bond donors (Lipinski definition) is 0. The number of pyridine rings is 1. The van der Waals surface area contributed by atoms with Crippen LogP contribution in [0.1, 0.15) is 33.0 Å². The zero-order valence-electron chi connectivity index (χ0n) is 15.5. The van der Waals surface area contributed by atoms with Gasteiger partial charge in [0.15, 0.2) is 0 Å². The minimum absolute atomic E-state index is 0.120. The third-order valence-electron chi connectivity index (χ3n) is 4.58. The van der Waals surface area contributed by atoms with E-state index in [0.717, 1.165) is 22.6 Å². The standard InChI is InChI=1S/C21H20N4O2/c1-14-8-7-11-24-12-17(22-20(14)24)13-27-21(26)19-15(2)23-25(16(19)3)18-9-5-4-6-10-18/h4-12H,13H2,1-3H3. The molecule has 0 aliphatic heterocycles. The monoisotopic (exact) mass is 360 g/mol. The number of fused-ring (bicyclic) bond motifs is 1. The van der Waals surface area contributed by atoms with E-state index in [2.05, 4.69) is 10.1 Å². The summed E-state index contributed by atoms with van der Waals surface area (Å²) >= 11 is 0. The summed E-state index contributed by atoms with van der Waals surface area (Å²) in [4.78, 5) is 17.2. The van der Waals surface area contributed by atoms with Gasteiger partial charge in [-0.1, -0.05) is 24.3 Å². The smallest absolute Gasteiger partial charge is 0.342 e. The van der Waals surface area contributed by atoms with Crippen molar-refractivity contribution in [2.24, 2.45) is 0 Å². The molecule has 0 aliphatic carbocycles. The molecule has 4 aromatic rings. The van der Waals surface area contributed by atoms with Crippen molar-refractivity contribution in [3.8, 4) is 5.69 Å². The van der Waals surface area contributed by atoms with Gasteiger partial charge < -0.3 is 9.14 Å². The Balaban J connectivity index is 1.56. The largest absolute Gasteiger partial charge is 0.455 e. The zero-order chi connectivity index (χ0) is 19.0. The molecule has 0 atom stereocenters. The lowest BCUT2D eigenvalue weighted by atomic mass is 10.2. The molecule has 0 aliphatic rings. The van der Waals surface area contributed by atoms with Gasteiger partial charge in [0.05, 0.1) is 22.8 Å². The molecular formula is C21H20N4O2. The Hall–Kier alpha value is -3.41. The van der Waals surface area contributed by atoms with E-state index in [9.17, 15) is 4.79 Å². The first-order valence-corrected chi connectivity index (χ1v) is 8.76. The molecule has 0 unspecified atom stereocenters. The van der Waals surface area contributed by atoms with Gasteiger partial charge in [-0.15, -0.1) is 0 Å². The quantitative estimate of drug-likeness (QED) is 0.519. The second kappa shape index (κ2) is 6.72. The predicted octanol–water partition coefficient (Wildman–Crippen LogP) is 3.80. The molecule has 136 valence electrons. The van der Waals surface area contributed by atoms with Gasteiger partial charge in [-0.2, -0.15) is 5.10 Å². The predicted molar refractivity (Wildman–Crippen MR) is 102 cm³/mol. The number of hydrogen-bond acceptors (Lipinski definition) is 4. The Morgan fingerprint density at radius 3 is 2.59 bits per heavy atom. The van der Waals surface area contributed by atoms with Crippen molar-refractivity contribution < 1.29 is 9.53 Å². The van der Waals surface area contributed by atoms with Gasteiger partial charge in [0.1, 0.15) is 17.8 Å². The number of nitrogens with zero attached hydrogens (tertiary/aromatic N) is 4. The Labute approximate surface area is 157 Å². The normalized spacial score (nSPS) is 11.1. The van der Waals surface area contributed by atoms with Crippen molar-refractivity contribution in [1.82, 2.24) is 19.2 Å². The average Bonchev–Trinajstić information content (AvgIpc) is 3.22. The van der Waals surface area contributed by atoms with Gasteiger partial charge in [0.25, 0.3) is 0 Å². The Morgan fingerprint density at radius 1 is 1.07 bits per heavy atom. The number of carbonyl (C=O) groups is 1. The van der Waals surface area contributed by atoms with Crippen molar-refractivity contribution in [2.45, 2.75) is 27.4 Å². The maximum atomic E-state index is 12.7. The summed E-state index contributed by atoms with van der Waals surface area (Å²) in [6.45, 7) is 5.81. The molecule has 6 heteroatoms. The average molecular weight is 360 g/mol. The van der Waals surface area contributed by atoms with E-state index in [0.29, 0.717) is 17.0 Å². The molecule has 3 heterocycles. The van der Waals surface area contributed by atoms with Crippen LogP contribution >= 0.6 is 0 Å². The van der Waals surface area contributed by atoms with Crippen LogP contribution in [0, 0.1) is 20.8 Å². The Morgan fingerprint density at radius 2 is 1.85 bits per heavy atom. The van der Waals surface area contributed by atoms with Crippen LogP contribution in [0.25, 0.3) is 11.3 Å². The molecule has 3 aromatic heterocycles. The molecule has 0 N–H and O–H groups in total. The maximum Gasteiger partial charge on any atom is 0.342 e. The van der Waals surface area contributed by atoms with Gasteiger partial charge in [0.2, 0.25) is 0 Å². The van der Waals surface area contributed by atoms with Crippen LogP contribution in [0.3, 0.4) is 0 Å². The first-order valence-electron chi connectivity index (χ1n) is 8.76. The lowest BCUT2D eigenvalue weighted by molar-refractivity contribution is 0.0466. The number of benzene rings is 1. The Kier molecular flexibility index (Phi) is 4.24. The van der Waals surface area contributed by atoms with Gasteiger partial charge in [-0.25, -0.2) is 14.5 Å². The van der Waals surface area contributed by atoms with Gasteiger partial charge in [0, 0.05) is 12.4 Å². The second-order valence-electron chi connectivity index (χ2n) is 6.52. The molecule has 4 rings (SSSR count). The van der Waals surface area contributed by atoms with E-state index in [-0.39, 0.29) is 12.6 Å². The molecule has 0 fully saturated rings. The summed E-state index contributed by atoms with van der Waals surface area (Å²) in [6.07, 6.45) is 3.81. The number of para-hydroxylation sites is 1. The number of rotatable bonds is 4. The van der Waals surface area contributed by atoms with Crippen molar-refractivity contribution in [2.75, 3.05) is 0 Å². The van der Waals surface area contributed by atoms with Gasteiger partial charge in [-0.3, -0.25) is 0 Å². The molecule has 0 saturated heterocycles. The van der Waals surface area contributed by atoms with E-state index >= 15 is 0 Å². The lowest BCUT2D eigenvalue weighted by Gasteiger charge is -2.05. The van der Waals surface area contributed by atoms with Gasteiger partial charge in [-0.05, 0) is 44.5 Å². The summed E-state index contributed by atoms with van der Waals surface area (Å²) in [7, 11) is 0. The lowest BCUT2D eigenvalue weighted by Crippen LogP contribution is -2.08. The molecular weight excluding hydrogens is 340 g/mol. The van der Waals surface area contributed by atoms with Crippen molar-refractivity contribution in [3.63, 3.8) is 0 Å². The summed E-state index contributed by atoms with van der Waals surface area (Å²) in [5.41, 5.74) is 5.47. The number of aromatic nitrogens is 4.